The maximum absolute atomic E-state index is 14.1. The van der Waals surface area contributed by atoms with Gasteiger partial charge in [-0.1, -0.05) is 6.07 Å². The smallest absolute Gasteiger partial charge is 0.191 e. The summed E-state index contributed by atoms with van der Waals surface area (Å²) in [5.41, 5.74) is 1.42. The second-order valence-electron chi connectivity index (χ2n) is 6.87. The quantitative estimate of drug-likeness (QED) is 0.220. The molecule has 1 aliphatic rings. The Labute approximate surface area is 185 Å². The number of ether oxygens (including phenoxy) is 2. The second-order valence-corrected chi connectivity index (χ2v) is 6.87. The third-order valence-corrected chi connectivity index (χ3v) is 4.34. The topological polar surface area (TPSA) is 58.1 Å². The van der Waals surface area contributed by atoms with Crippen molar-refractivity contribution in [2.45, 2.75) is 38.8 Å². The zero-order chi connectivity index (χ0) is 19.5. The molecule has 0 amide bonds. The fourth-order valence-corrected chi connectivity index (χ4v) is 2.90. The highest BCUT2D eigenvalue weighted by Gasteiger charge is 2.14. The fraction of sp³-hybridized carbons (Fsp3) is 0.650. The average molecular weight is 508 g/mol. The number of anilines is 1. The number of guanidine groups is 1. The van der Waals surface area contributed by atoms with E-state index in [0.717, 1.165) is 50.5 Å². The number of benzene rings is 1. The Morgan fingerprint density at radius 3 is 2.82 bits per heavy atom. The molecule has 1 aromatic carbocycles. The van der Waals surface area contributed by atoms with Crippen LogP contribution in [0.3, 0.4) is 0 Å². The minimum atomic E-state index is -0.228. The van der Waals surface area contributed by atoms with Crippen LogP contribution >= 0.6 is 24.0 Å². The molecule has 0 saturated carbocycles. The van der Waals surface area contributed by atoms with E-state index in [1.165, 1.54) is 0 Å². The molecule has 0 radical (unpaired) electrons. The molecular formula is C20H34FIN4O2. The van der Waals surface area contributed by atoms with E-state index in [0.29, 0.717) is 25.4 Å². The van der Waals surface area contributed by atoms with Crippen LogP contribution in [-0.2, 0) is 16.0 Å². The Kier molecular flexibility index (Phi) is 12.4. The van der Waals surface area contributed by atoms with Crippen molar-refractivity contribution in [3.05, 3.63) is 29.6 Å². The average Bonchev–Trinajstić information content (AvgIpc) is 3.15. The molecule has 0 bridgehead atoms. The van der Waals surface area contributed by atoms with E-state index in [4.69, 9.17) is 9.47 Å². The lowest BCUT2D eigenvalue weighted by Crippen LogP contribution is -2.38. The van der Waals surface area contributed by atoms with Crippen molar-refractivity contribution in [1.82, 2.24) is 10.6 Å². The molecule has 160 valence electrons. The number of hydrogen-bond acceptors (Lipinski definition) is 4. The first kappa shape index (κ1) is 24.9. The van der Waals surface area contributed by atoms with Crippen LogP contribution in [0.4, 0.5) is 10.1 Å². The van der Waals surface area contributed by atoms with Gasteiger partial charge in [0.15, 0.2) is 5.96 Å². The molecule has 2 N–H and O–H groups in total. The van der Waals surface area contributed by atoms with Crippen molar-refractivity contribution in [3.63, 3.8) is 0 Å². The standard InChI is InChI=1S/C20H33FN4O2.HI/c1-4-22-20(23-10-6-11-26-15-17-7-5-12-27-17)24-14-16-8-9-19(25(2)3)18(21)13-16;/h8-9,13,17H,4-7,10-12,14-15H2,1-3H3,(H2,22,23,24);1H. The first-order valence-electron chi connectivity index (χ1n) is 9.77. The normalized spacial score (nSPS) is 16.6. The molecule has 1 aromatic rings. The van der Waals surface area contributed by atoms with Gasteiger partial charge < -0.3 is 25.0 Å². The molecule has 2 rings (SSSR count). The van der Waals surface area contributed by atoms with Crippen molar-refractivity contribution in [1.29, 1.82) is 0 Å². The zero-order valence-electron chi connectivity index (χ0n) is 17.2. The molecule has 6 nitrogen and oxygen atoms in total. The van der Waals surface area contributed by atoms with E-state index in [1.807, 2.05) is 27.1 Å². The van der Waals surface area contributed by atoms with Crippen molar-refractivity contribution < 1.29 is 13.9 Å². The van der Waals surface area contributed by atoms with E-state index in [1.54, 1.807) is 17.0 Å². The van der Waals surface area contributed by atoms with Crippen LogP contribution in [0.2, 0.25) is 0 Å². The fourth-order valence-electron chi connectivity index (χ4n) is 2.90. The second kappa shape index (κ2) is 13.9. The SMILES string of the molecule is CCNC(=NCc1ccc(N(C)C)c(F)c1)NCCCOCC1CCCO1.I. The van der Waals surface area contributed by atoms with Gasteiger partial charge in [0.25, 0.3) is 0 Å². The van der Waals surface area contributed by atoms with Gasteiger partial charge in [-0.3, -0.25) is 0 Å². The van der Waals surface area contributed by atoms with Crippen molar-refractivity contribution >= 4 is 35.6 Å². The number of nitrogens with zero attached hydrogens (tertiary/aromatic N) is 2. The summed E-state index contributed by atoms with van der Waals surface area (Å²) in [5.74, 6) is 0.503. The third kappa shape index (κ3) is 8.91. The number of hydrogen-bond donors (Lipinski definition) is 2. The van der Waals surface area contributed by atoms with Crippen LogP contribution in [-0.4, -0.2) is 59.1 Å². The lowest BCUT2D eigenvalue weighted by Gasteiger charge is -2.14. The van der Waals surface area contributed by atoms with Crippen LogP contribution in [0.1, 0.15) is 31.7 Å². The maximum Gasteiger partial charge on any atom is 0.191 e. The van der Waals surface area contributed by atoms with E-state index in [2.05, 4.69) is 15.6 Å². The minimum Gasteiger partial charge on any atom is -0.379 e. The minimum absolute atomic E-state index is 0. The van der Waals surface area contributed by atoms with Gasteiger partial charge in [0.1, 0.15) is 5.82 Å². The predicted octanol–water partition coefficient (Wildman–Crippen LogP) is 3.15. The molecule has 1 saturated heterocycles. The summed E-state index contributed by atoms with van der Waals surface area (Å²) in [6.07, 6.45) is 3.41. The van der Waals surface area contributed by atoms with Crippen molar-refractivity contribution in [2.24, 2.45) is 4.99 Å². The highest BCUT2D eigenvalue weighted by atomic mass is 127. The predicted molar refractivity (Wildman–Crippen MR) is 123 cm³/mol. The number of nitrogens with one attached hydrogen (secondary N) is 2. The van der Waals surface area contributed by atoms with Gasteiger partial charge >= 0.3 is 0 Å². The van der Waals surface area contributed by atoms with Gasteiger partial charge in [0.2, 0.25) is 0 Å². The van der Waals surface area contributed by atoms with Gasteiger partial charge in [-0.05, 0) is 43.9 Å². The maximum atomic E-state index is 14.1. The van der Waals surface area contributed by atoms with E-state index in [-0.39, 0.29) is 35.9 Å². The third-order valence-electron chi connectivity index (χ3n) is 4.34. The summed E-state index contributed by atoms with van der Waals surface area (Å²) < 4.78 is 25.3. The molecule has 28 heavy (non-hydrogen) atoms. The zero-order valence-corrected chi connectivity index (χ0v) is 19.5. The van der Waals surface area contributed by atoms with E-state index in [9.17, 15) is 4.39 Å². The highest BCUT2D eigenvalue weighted by Crippen LogP contribution is 2.18. The molecule has 1 fully saturated rings. The first-order chi connectivity index (χ1) is 13.1. The molecule has 1 heterocycles. The molecule has 1 atom stereocenters. The van der Waals surface area contributed by atoms with Gasteiger partial charge in [-0.15, -0.1) is 24.0 Å². The monoisotopic (exact) mass is 508 g/mol. The van der Waals surface area contributed by atoms with E-state index >= 15 is 0 Å². The Balaban J connectivity index is 0.00000392. The van der Waals surface area contributed by atoms with Crippen molar-refractivity contribution in [3.8, 4) is 0 Å². The van der Waals surface area contributed by atoms with Gasteiger partial charge in [0, 0.05) is 40.4 Å². The van der Waals surface area contributed by atoms with Crippen LogP contribution in [0.5, 0.6) is 0 Å². The first-order valence-corrected chi connectivity index (χ1v) is 9.77. The van der Waals surface area contributed by atoms with E-state index < -0.39 is 0 Å². The van der Waals surface area contributed by atoms with Gasteiger partial charge in [-0.2, -0.15) is 0 Å². The Hall–Kier alpha value is -1.13. The number of halogens is 2. The lowest BCUT2D eigenvalue weighted by molar-refractivity contribution is 0.0168. The largest absolute Gasteiger partial charge is 0.379 e. The summed E-state index contributed by atoms with van der Waals surface area (Å²) in [4.78, 5) is 6.29. The molecule has 1 unspecified atom stereocenters. The van der Waals surface area contributed by atoms with Crippen LogP contribution in [0, 0.1) is 5.82 Å². The van der Waals surface area contributed by atoms with Crippen LogP contribution in [0.15, 0.2) is 23.2 Å². The molecule has 0 spiro atoms. The van der Waals surface area contributed by atoms with Gasteiger partial charge in [0.05, 0.1) is 24.9 Å². The van der Waals surface area contributed by atoms with Crippen molar-refractivity contribution in [2.75, 3.05) is 51.9 Å². The Bertz CT molecular complexity index is 596. The summed E-state index contributed by atoms with van der Waals surface area (Å²) >= 11 is 0. The summed E-state index contributed by atoms with van der Waals surface area (Å²) in [6.45, 7) is 6.23. The Morgan fingerprint density at radius 2 is 2.18 bits per heavy atom. The summed E-state index contributed by atoms with van der Waals surface area (Å²) in [7, 11) is 3.65. The summed E-state index contributed by atoms with van der Waals surface area (Å²) in [6, 6.07) is 5.23. The number of aliphatic imine (C=N–C) groups is 1. The molecule has 0 aliphatic carbocycles. The van der Waals surface area contributed by atoms with Gasteiger partial charge in [-0.25, -0.2) is 9.38 Å². The molecule has 1 aliphatic heterocycles. The lowest BCUT2D eigenvalue weighted by atomic mass is 10.2. The van der Waals surface area contributed by atoms with Crippen LogP contribution < -0.4 is 15.5 Å². The highest BCUT2D eigenvalue weighted by molar-refractivity contribution is 14.0. The molecular weight excluding hydrogens is 474 g/mol. The molecule has 8 heteroatoms. The number of rotatable bonds is 10. The molecule has 0 aromatic heterocycles. The van der Waals surface area contributed by atoms with Crippen LogP contribution in [0.25, 0.3) is 0 Å². The summed E-state index contributed by atoms with van der Waals surface area (Å²) in [5, 5.41) is 6.50. The Morgan fingerprint density at radius 1 is 1.36 bits per heavy atom.